The minimum atomic E-state index is -3.91. The first-order valence-electron chi connectivity index (χ1n) is 10.8. The Labute approximate surface area is 185 Å². The number of piperazine rings is 1. The van der Waals surface area contributed by atoms with Crippen LogP contribution >= 0.6 is 0 Å². The molecule has 0 bridgehead atoms. The summed E-state index contributed by atoms with van der Waals surface area (Å²) in [4.78, 5) is 4.83. The van der Waals surface area contributed by atoms with Crippen LogP contribution in [0.2, 0.25) is 0 Å². The first-order valence-corrected chi connectivity index (χ1v) is 12.3. The number of ether oxygens (including phenoxy) is 1. The van der Waals surface area contributed by atoms with Crippen molar-refractivity contribution >= 4 is 15.7 Å². The fraction of sp³-hybridized carbons (Fsp3) is 0.478. The number of hydrogen-bond acceptors (Lipinski definition) is 6. The molecule has 1 atom stereocenters. The molecular formula is C23H33N3O4S. The second kappa shape index (κ2) is 10.9. The Balaban J connectivity index is 1.38. The van der Waals surface area contributed by atoms with Crippen LogP contribution in [-0.4, -0.2) is 58.3 Å². The van der Waals surface area contributed by atoms with Gasteiger partial charge >= 0.3 is 0 Å². The van der Waals surface area contributed by atoms with Gasteiger partial charge in [-0.3, -0.25) is 4.90 Å². The molecule has 31 heavy (non-hydrogen) atoms. The number of unbranched alkanes of at least 4 members (excludes halogenated alkanes) is 2. The fourth-order valence-electron chi connectivity index (χ4n) is 4.01. The molecule has 0 spiro atoms. The van der Waals surface area contributed by atoms with E-state index in [-0.39, 0.29) is 10.6 Å². The molecule has 1 aliphatic heterocycles. The molecule has 0 aromatic heterocycles. The molecule has 0 aliphatic carbocycles. The zero-order chi connectivity index (χ0) is 22.3. The highest BCUT2D eigenvalue weighted by Gasteiger charge is 2.19. The molecule has 1 aliphatic rings. The van der Waals surface area contributed by atoms with Gasteiger partial charge in [-0.2, -0.15) is 0 Å². The number of rotatable bonds is 10. The van der Waals surface area contributed by atoms with E-state index < -0.39 is 16.1 Å². The first kappa shape index (κ1) is 23.5. The van der Waals surface area contributed by atoms with E-state index in [0.29, 0.717) is 12.0 Å². The number of para-hydroxylation sites is 1. The van der Waals surface area contributed by atoms with Crippen molar-refractivity contribution in [2.75, 3.05) is 44.7 Å². The van der Waals surface area contributed by atoms with E-state index in [1.165, 1.54) is 24.9 Å². The van der Waals surface area contributed by atoms with Crippen molar-refractivity contribution in [3.05, 3.63) is 54.1 Å². The number of methoxy groups -OCH3 is 1. The summed E-state index contributed by atoms with van der Waals surface area (Å²) in [6.07, 6.45) is 2.85. The minimum absolute atomic E-state index is 0.0961. The number of anilines is 1. The maximum absolute atomic E-state index is 11.7. The summed E-state index contributed by atoms with van der Waals surface area (Å²) in [5.41, 5.74) is 1.84. The van der Waals surface area contributed by atoms with Crippen molar-refractivity contribution in [2.45, 2.75) is 36.7 Å². The molecule has 2 aromatic carbocycles. The van der Waals surface area contributed by atoms with Gasteiger partial charge in [-0.05, 0) is 49.2 Å². The Morgan fingerprint density at radius 1 is 1.03 bits per heavy atom. The third-order valence-corrected chi connectivity index (χ3v) is 6.76. The smallest absolute Gasteiger partial charge is 0.241 e. The summed E-state index contributed by atoms with van der Waals surface area (Å²) in [5, 5.41) is 15.7. The molecule has 0 amide bonds. The van der Waals surface area contributed by atoms with Gasteiger partial charge in [0.25, 0.3) is 0 Å². The average molecular weight is 448 g/mol. The molecule has 3 N–H and O–H groups in total. The van der Waals surface area contributed by atoms with Crippen molar-refractivity contribution in [3.8, 4) is 5.75 Å². The highest BCUT2D eigenvalue weighted by molar-refractivity contribution is 7.89. The van der Waals surface area contributed by atoms with Crippen molar-refractivity contribution in [3.63, 3.8) is 0 Å². The lowest BCUT2D eigenvalue weighted by Gasteiger charge is -2.36. The van der Waals surface area contributed by atoms with Crippen LogP contribution in [0.25, 0.3) is 0 Å². The molecule has 1 fully saturated rings. The predicted molar refractivity (Wildman–Crippen MR) is 123 cm³/mol. The first-order chi connectivity index (χ1) is 14.9. The van der Waals surface area contributed by atoms with Crippen molar-refractivity contribution in [1.29, 1.82) is 0 Å². The standard InChI is InChI=1S/C23H33N3O4S/c1-30-22-12-11-19(18-23(22)31(24,28)29)21(27)10-6-3-7-13-25-14-16-26(17-15-25)20-8-4-2-5-9-20/h2,4-5,8-9,11-12,18,21,27H,3,6-7,10,13-17H2,1H3,(H2,24,28,29). The molecule has 3 rings (SSSR count). The summed E-state index contributed by atoms with van der Waals surface area (Å²) in [6.45, 7) is 5.30. The highest BCUT2D eigenvalue weighted by Crippen LogP contribution is 2.28. The number of aliphatic hydroxyl groups excluding tert-OH is 1. The molecule has 8 heteroatoms. The third kappa shape index (κ3) is 6.67. The number of nitrogens with zero attached hydrogens (tertiary/aromatic N) is 2. The van der Waals surface area contributed by atoms with Crippen molar-refractivity contribution in [1.82, 2.24) is 4.90 Å². The summed E-state index contributed by atoms with van der Waals surface area (Å²) >= 11 is 0. The Morgan fingerprint density at radius 3 is 2.39 bits per heavy atom. The van der Waals surface area contributed by atoms with Crippen LogP contribution in [-0.2, 0) is 10.0 Å². The van der Waals surface area contributed by atoms with E-state index in [0.717, 1.165) is 52.0 Å². The molecule has 1 unspecified atom stereocenters. The Kier molecular flexibility index (Phi) is 8.31. The molecule has 1 saturated heterocycles. The van der Waals surface area contributed by atoms with Gasteiger partial charge in [0.15, 0.2) is 0 Å². The number of sulfonamides is 1. The van der Waals surface area contributed by atoms with E-state index in [2.05, 4.69) is 34.1 Å². The average Bonchev–Trinajstić information content (AvgIpc) is 2.78. The van der Waals surface area contributed by atoms with Gasteiger partial charge in [0, 0.05) is 31.9 Å². The van der Waals surface area contributed by atoms with E-state index in [1.807, 2.05) is 6.07 Å². The molecule has 7 nitrogen and oxygen atoms in total. The number of nitrogens with two attached hydrogens (primary N) is 1. The van der Waals surface area contributed by atoms with Crippen LogP contribution in [0.4, 0.5) is 5.69 Å². The predicted octanol–water partition coefficient (Wildman–Crippen LogP) is 2.76. The SMILES string of the molecule is COc1ccc(C(O)CCCCCN2CCN(c3ccccc3)CC2)cc1S(N)(=O)=O. The van der Waals surface area contributed by atoms with Gasteiger partial charge in [-0.15, -0.1) is 0 Å². The number of primary sulfonamides is 1. The fourth-order valence-corrected chi connectivity index (χ4v) is 4.74. The topological polar surface area (TPSA) is 96.1 Å². The summed E-state index contributed by atoms with van der Waals surface area (Å²) in [6, 6.07) is 15.2. The van der Waals surface area contributed by atoms with Crippen LogP contribution in [0.1, 0.15) is 37.4 Å². The Bertz CT molecular complexity index is 929. The maximum Gasteiger partial charge on any atom is 0.241 e. The normalized spacial score (nSPS) is 16.3. The van der Waals surface area contributed by atoms with E-state index in [4.69, 9.17) is 9.88 Å². The zero-order valence-electron chi connectivity index (χ0n) is 18.1. The van der Waals surface area contributed by atoms with Crippen molar-refractivity contribution < 1.29 is 18.3 Å². The van der Waals surface area contributed by atoms with E-state index >= 15 is 0 Å². The van der Waals surface area contributed by atoms with Crippen LogP contribution in [0.5, 0.6) is 5.75 Å². The van der Waals surface area contributed by atoms with Gasteiger partial charge in [-0.25, -0.2) is 13.6 Å². The van der Waals surface area contributed by atoms with Crippen LogP contribution in [0.3, 0.4) is 0 Å². The second-order valence-electron chi connectivity index (χ2n) is 7.98. The van der Waals surface area contributed by atoms with Crippen molar-refractivity contribution in [2.24, 2.45) is 5.14 Å². The lowest BCUT2D eigenvalue weighted by molar-refractivity contribution is 0.162. The van der Waals surface area contributed by atoms with Gasteiger partial charge < -0.3 is 14.7 Å². The lowest BCUT2D eigenvalue weighted by atomic mass is 10.0. The summed E-state index contributed by atoms with van der Waals surface area (Å²) < 4.78 is 28.6. The summed E-state index contributed by atoms with van der Waals surface area (Å²) in [5.74, 6) is 0.186. The van der Waals surface area contributed by atoms with Gasteiger partial charge in [0.2, 0.25) is 10.0 Å². The zero-order valence-corrected chi connectivity index (χ0v) is 18.9. The molecule has 1 heterocycles. The second-order valence-corrected chi connectivity index (χ2v) is 9.51. The van der Waals surface area contributed by atoms with Gasteiger partial charge in [-0.1, -0.05) is 37.1 Å². The maximum atomic E-state index is 11.7. The summed E-state index contributed by atoms with van der Waals surface area (Å²) in [7, 11) is -2.52. The van der Waals surface area contributed by atoms with Crippen LogP contribution < -0.4 is 14.8 Å². The lowest BCUT2D eigenvalue weighted by Crippen LogP contribution is -2.46. The highest BCUT2D eigenvalue weighted by atomic mass is 32.2. The van der Waals surface area contributed by atoms with Crippen LogP contribution in [0, 0.1) is 0 Å². The Hall–Kier alpha value is -2.13. The van der Waals surface area contributed by atoms with Gasteiger partial charge in [0.05, 0.1) is 13.2 Å². The molecular weight excluding hydrogens is 414 g/mol. The largest absolute Gasteiger partial charge is 0.495 e. The molecule has 2 aromatic rings. The quantitative estimate of drug-likeness (QED) is 0.544. The third-order valence-electron chi connectivity index (χ3n) is 5.82. The monoisotopic (exact) mass is 447 g/mol. The van der Waals surface area contributed by atoms with E-state index in [9.17, 15) is 13.5 Å². The minimum Gasteiger partial charge on any atom is -0.495 e. The molecule has 0 saturated carbocycles. The number of aliphatic hydroxyl groups is 1. The number of hydrogen-bond donors (Lipinski definition) is 2. The van der Waals surface area contributed by atoms with Crippen LogP contribution in [0.15, 0.2) is 53.4 Å². The molecule has 170 valence electrons. The Morgan fingerprint density at radius 2 is 1.74 bits per heavy atom. The van der Waals surface area contributed by atoms with E-state index in [1.54, 1.807) is 6.07 Å². The van der Waals surface area contributed by atoms with Gasteiger partial charge in [0.1, 0.15) is 10.6 Å². The number of benzene rings is 2. The molecule has 0 radical (unpaired) electrons.